The van der Waals surface area contributed by atoms with Crippen LogP contribution >= 0.6 is 12.4 Å². The number of rotatable bonds is 8. The van der Waals surface area contributed by atoms with Crippen LogP contribution in [0.15, 0.2) is 29.2 Å². The van der Waals surface area contributed by atoms with Gasteiger partial charge in [-0.2, -0.15) is 4.31 Å². The molecule has 9 heteroatoms. The quantitative estimate of drug-likeness (QED) is 0.667. The average molecular weight is 395 g/mol. The number of nitrogens with zero attached hydrogens (tertiary/aromatic N) is 1. The van der Waals surface area contributed by atoms with E-state index in [-0.39, 0.29) is 36.0 Å². The number of piperidine rings is 1. The Labute approximate surface area is 155 Å². The normalized spacial score (nSPS) is 21.6. The highest BCUT2D eigenvalue weighted by atomic mass is 35.5. The Hall–Kier alpha value is -0.900. The Bertz CT molecular complexity index is 611. The average Bonchev–Trinajstić information content (AvgIpc) is 2.61. The standard InChI is InChI=1S/C16H26N2O5S.ClH/c1-21-9-10-23-14-3-5-16(6-4-14)24(19,20)18-8-7-15(22-2)11-13(18)12-17;/h3-6,13,15H,7-12,17H2,1-2H3;1H. The predicted molar refractivity (Wildman–Crippen MR) is 97.8 cm³/mol. The van der Waals surface area contributed by atoms with E-state index in [0.29, 0.717) is 38.3 Å². The van der Waals surface area contributed by atoms with Crippen molar-refractivity contribution in [2.45, 2.75) is 29.9 Å². The number of ether oxygens (including phenoxy) is 3. The van der Waals surface area contributed by atoms with Crippen molar-refractivity contribution in [1.82, 2.24) is 4.31 Å². The lowest BCUT2D eigenvalue weighted by Gasteiger charge is -2.37. The van der Waals surface area contributed by atoms with E-state index < -0.39 is 10.0 Å². The number of hydrogen-bond donors (Lipinski definition) is 1. The molecule has 1 aliphatic heterocycles. The summed E-state index contributed by atoms with van der Waals surface area (Å²) in [6.45, 7) is 1.58. The van der Waals surface area contributed by atoms with Crippen LogP contribution in [0, 0.1) is 0 Å². The number of halogens is 1. The Morgan fingerprint density at radius 1 is 1.20 bits per heavy atom. The molecule has 0 spiro atoms. The van der Waals surface area contributed by atoms with E-state index in [1.807, 2.05) is 0 Å². The van der Waals surface area contributed by atoms with E-state index in [0.717, 1.165) is 0 Å². The summed E-state index contributed by atoms with van der Waals surface area (Å²) in [6.07, 6.45) is 1.34. The number of hydrogen-bond acceptors (Lipinski definition) is 6. The minimum Gasteiger partial charge on any atom is -0.491 e. The van der Waals surface area contributed by atoms with Gasteiger partial charge in [-0.3, -0.25) is 0 Å². The van der Waals surface area contributed by atoms with Gasteiger partial charge in [0.15, 0.2) is 0 Å². The Morgan fingerprint density at radius 2 is 1.88 bits per heavy atom. The van der Waals surface area contributed by atoms with E-state index in [1.54, 1.807) is 38.5 Å². The molecule has 0 bridgehead atoms. The van der Waals surface area contributed by atoms with Crippen molar-refractivity contribution < 1.29 is 22.6 Å². The zero-order valence-electron chi connectivity index (χ0n) is 14.6. The molecule has 2 atom stereocenters. The molecule has 0 saturated carbocycles. The van der Waals surface area contributed by atoms with E-state index in [1.165, 1.54) is 4.31 Å². The molecule has 2 unspecified atom stereocenters. The number of nitrogens with two attached hydrogens (primary N) is 1. The van der Waals surface area contributed by atoms with Crippen LogP contribution in [0.5, 0.6) is 5.75 Å². The maximum absolute atomic E-state index is 12.9. The smallest absolute Gasteiger partial charge is 0.243 e. The van der Waals surface area contributed by atoms with Crippen molar-refractivity contribution in [3.8, 4) is 5.75 Å². The highest BCUT2D eigenvalue weighted by molar-refractivity contribution is 7.89. The van der Waals surface area contributed by atoms with Gasteiger partial charge in [0.2, 0.25) is 10.0 Å². The largest absolute Gasteiger partial charge is 0.491 e. The molecule has 0 aromatic heterocycles. The fraction of sp³-hybridized carbons (Fsp3) is 0.625. The lowest BCUT2D eigenvalue weighted by molar-refractivity contribution is 0.0401. The Balaban J connectivity index is 0.00000312. The molecule has 1 heterocycles. The lowest BCUT2D eigenvalue weighted by Crippen LogP contribution is -2.51. The molecule has 7 nitrogen and oxygen atoms in total. The molecular weight excluding hydrogens is 368 g/mol. The van der Waals surface area contributed by atoms with Crippen LogP contribution in [0.1, 0.15) is 12.8 Å². The Kier molecular flexibility index (Phi) is 9.12. The molecule has 2 rings (SSSR count). The second-order valence-electron chi connectivity index (χ2n) is 5.70. The maximum Gasteiger partial charge on any atom is 0.243 e. The molecule has 1 aromatic carbocycles. The van der Waals surface area contributed by atoms with Gasteiger partial charge >= 0.3 is 0 Å². The number of sulfonamides is 1. The van der Waals surface area contributed by atoms with E-state index in [9.17, 15) is 8.42 Å². The fourth-order valence-electron chi connectivity index (χ4n) is 2.82. The second-order valence-corrected chi connectivity index (χ2v) is 7.59. The number of methoxy groups -OCH3 is 2. The van der Waals surface area contributed by atoms with Crippen molar-refractivity contribution in [3.05, 3.63) is 24.3 Å². The molecule has 144 valence electrons. The third-order valence-corrected chi connectivity index (χ3v) is 6.17. The van der Waals surface area contributed by atoms with Crippen LogP contribution in [0.3, 0.4) is 0 Å². The fourth-order valence-corrected chi connectivity index (χ4v) is 4.48. The summed E-state index contributed by atoms with van der Waals surface area (Å²) in [7, 11) is -0.339. The summed E-state index contributed by atoms with van der Waals surface area (Å²) in [5.41, 5.74) is 5.78. The maximum atomic E-state index is 12.9. The first-order valence-corrected chi connectivity index (χ1v) is 9.43. The third-order valence-electron chi connectivity index (χ3n) is 4.21. The highest BCUT2D eigenvalue weighted by Gasteiger charge is 2.36. The predicted octanol–water partition coefficient (Wildman–Crippen LogP) is 1.26. The topological polar surface area (TPSA) is 91.1 Å². The van der Waals surface area contributed by atoms with Gasteiger partial charge in [0.05, 0.1) is 17.6 Å². The summed E-state index contributed by atoms with van der Waals surface area (Å²) >= 11 is 0. The SMILES string of the molecule is COCCOc1ccc(S(=O)(=O)N2CCC(OC)CC2CN)cc1.Cl. The molecule has 1 saturated heterocycles. The van der Waals surface area contributed by atoms with Crippen LogP contribution in [0.2, 0.25) is 0 Å². The van der Waals surface area contributed by atoms with Gasteiger partial charge in [0.1, 0.15) is 12.4 Å². The molecule has 1 fully saturated rings. The summed E-state index contributed by atoms with van der Waals surface area (Å²) in [6, 6.07) is 6.19. The van der Waals surface area contributed by atoms with E-state index >= 15 is 0 Å². The van der Waals surface area contributed by atoms with Gasteiger partial charge in [0, 0.05) is 33.4 Å². The summed E-state index contributed by atoms with van der Waals surface area (Å²) in [5.74, 6) is 0.611. The molecule has 1 aromatic rings. The zero-order valence-corrected chi connectivity index (χ0v) is 16.2. The first-order valence-electron chi connectivity index (χ1n) is 7.99. The van der Waals surface area contributed by atoms with Crippen molar-refractivity contribution in [2.75, 3.05) is 40.5 Å². The molecule has 1 aliphatic rings. The van der Waals surface area contributed by atoms with Crippen molar-refractivity contribution in [3.63, 3.8) is 0 Å². The highest BCUT2D eigenvalue weighted by Crippen LogP contribution is 2.27. The van der Waals surface area contributed by atoms with Crippen molar-refractivity contribution in [1.29, 1.82) is 0 Å². The molecule has 25 heavy (non-hydrogen) atoms. The summed E-state index contributed by atoms with van der Waals surface area (Å²) < 4.78 is 43.0. The van der Waals surface area contributed by atoms with Crippen LogP contribution < -0.4 is 10.5 Å². The van der Waals surface area contributed by atoms with Gasteiger partial charge in [-0.15, -0.1) is 12.4 Å². The molecule has 0 amide bonds. The zero-order chi connectivity index (χ0) is 17.6. The van der Waals surface area contributed by atoms with Gasteiger partial charge in [0.25, 0.3) is 0 Å². The Morgan fingerprint density at radius 3 is 2.44 bits per heavy atom. The monoisotopic (exact) mass is 394 g/mol. The van der Waals surface area contributed by atoms with Crippen LogP contribution in [-0.2, 0) is 19.5 Å². The van der Waals surface area contributed by atoms with Gasteiger partial charge in [-0.25, -0.2) is 8.42 Å². The summed E-state index contributed by atoms with van der Waals surface area (Å²) in [4.78, 5) is 0.246. The van der Waals surface area contributed by atoms with Crippen LogP contribution in [0.25, 0.3) is 0 Å². The third kappa shape index (κ3) is 5.54. The first kappa shape index (κ1) is 22.1. The van der Waals surface area contributed by atoms with Gasteiger partial charge in [-0.1, -0.05) is 0 Å². The minimum atomic E-state index is -3.58. The molecular formula is C16H27ClN2O5S. The van der Waals surface area contributed by atoms with E-state index in [4.69, 9.17) is 19.9 Å². The summed E-state index contributed by atoms with van der Waals surface area (Å²) in [5, 5.41) is 0. The molecule has 0 aliphatic carbocycles. The van der Waals surface area contributed by atoms with Crippen molar-refractivity contribution in [2.24, 2.45) is 5.73 Å². The second kappa shape index (κ2) is 10.3. The number of benzene rings is 1. The minimum absolute atomic E-state index is 0. The molecule has 2 N–H and O–H groups in total. The van der Waals surface area contributed by atoms with E-state index in [2.05, 4.69) is 0 Å². The molecule has 0 radical (unpaired) electrons. The van der Waals surface area contributed by atoms with Crippen LogP contribution in [0.4, 0.5) is 0 Å². The van der Waals surface area contributed by atoms with Gasteiger partial charge in [-0.05, 0) is 37.1 Å². The lowest BCUT2D eigenvalue weighted by atomic mass is 10.0. The van der Waals surface area contributed by atoms with Crippen LogP contribution in [-0.4, -0.2) is 65.4 Å². The first-order chi connectivity index (χ1) is 11.5. The van der Waals surface area contributed by atoms with Crippen molar-refractivity contribution >= 4 is 22.4 Å². The van der Waals surface area contributed by atoms with Gasteiger partial charge < -0.3 is 19.9 Å².